The molecule has 11 rings (SSSR count). The van der Waals surface area contributed by atoms with Gasteiger partial charge in [-0.3, -0.25) is 0 Å². The molecule has 1 aromatic heterocycles. The van der Waals surface area contributed by atoms with Crippen molar-refractivity contribution in [2.24, 2.45) is 0 Å². The van der Waals surface area contributed by atoms with Crippen LogP contribution in [0.15, 0.2) is 152 Å². The summed E-state index contributed by atoms with van der Waals surface area (Å²) in [6, 6.07) is 58.5. The SMILES string of the molecule is CC(C)(C)c1ccc2sc3cc4c(cc3c2c1)C1(c2ccccc2-c2ccccc21)c1ccccc1C41c2ccccc2-c2ccccc21. The summed E-state index contributed by atoms with van der Waals surface area (Å²) in [5.41, 5.74) is 17.0. The fourth-order valence-electron chi connectivity index (χ4n) is 9.97. The third kappa shape index (κ3) is 3.21. The van der Waals surface area contributed by atoms with E-state index in [0.717, 1.165) is 0 Å². The summed E-state index contributed by atoms with van der Waals surface area (Å²) >= 11 is 1.94. The molecule has 1 heterocycles. The molecule has 232 valence electrons. The molecule has 7 aromatic carbocycles. The lowest BCUT2D eigenvalue weighted by Gasteiger charge is -2.49. The van der Waals surface area contributed by atoms with Gasteiger partial charge in [-0.1, -0.05) is 148 Å². The molecule has 0 radical (unpaired) electrons. The zero-order valence-corrected chi connectivity index (χ0v) is 28.7. The van der Waals surface area contributed by atoms with Crippen molar-refractivity contribution in [3.63, 3.8) is 0 Å². The Bertz CT molecular complexity index is 2620. The number of fused-ring (bicyclic) bond motifs is 19. The highest BCUT2D eigenvalue weighted by atomic mass is 32.1. The lowest BCUT2D eigenvalue weighted by Crippen LogP contribution is -2.43. The zero-order chi connectivity index (χ0) is 32.7. The molecule has 0 nitrogen and oxygen atoms in total. The van der Waals surface area contributed by atoms with E-state index in [0.29, 0.717) is 0 Å². The molecule has 1 heteroatoms. The van der Waals surface area contributed by atoms with Crippen LogP contribution in [0.3, 0.4) is 0 Å². The first-order chi connectivity index (χ1) is 23.9. The van der Waals surface area contributed by atoms with Gasteiger partial charge in [0.2, 0.25) is 0 Å². The van der Waals surface area contributed by atoms with Gasteiger partial charge in [0.05, 0.1) is 10.8 Å². The summed E-state index contributed by atoms with van der Waals surface area (Å²) < 4.78 is 2.71. The van der Waals surface area contributed by atoms with Crippen LogP contribution in [0.2, 0.25) is 0 Å². The predicted octanol–water partition coefficient (Wildman–Crippen LogP) is 12.4. The van der Waals surface area contributed by atoms with Crippen molar-refractivity contribution in [2.75, 3.05) is 0 Å². The van der Waals surface area contributed by atoms with Crippen LogP contribution in [-0.4, -0.2) is 0 Å². The van der Waals surface area contributed by atoms with E-state index in [1.54, 1.807) is 0 Å². The van der Waals surface area contributed by atoms with E-state index in [4.69, 9.17) is 0 Å². The Morgan fingerprint density at radius 1 is 0.367 bits per heavy atom. The third-order valence-corrected chi connectivity index (χ3v) is 13.1. The van der Waals surface area contributed by atoms with E-state index in [2.05, 4.69) is 172 Å². The van der Waals surface area contributed by atoms with Gasteiger partial charge in [0, 0.05) is 20.2 Å². The minimum Gasteiger partial charge on any atom is -0.135 e. The highest BCUT2D eigenvalue weighted by molar-refractivity contribution is 7.25. The van der Waals surface area contributed by atoms with Gasteiger partial charge < -0.3 is 0 Å². The fraction of sp³-hybridized carbons (Fsp3) is 0.125. The first kappa shape index (κ1) is 27.7. The van der Waals surface area contributed by atoms with Crippen molar-refractivity contribution in [1.29, 1.82) is 0 Å². The van der Waals surface area contributed by atoms with Crippen LogP contribution in [0.5, 0.6) is 0 Å². The predicted molar refractivity (Wildman–Crippen MR) is 206 cm³/mol. The van der Waals surface area contributed by atoms with Gasteiger partial charge in [0.25, 0.3) is 0 Å². The summed E-state index contributed by atoms with van der Waals surface area (Å²) in [4.78, 5) is 0. The third-order valence-electron chi connectivity index (χ3n) is 11.9. The monoisotopic (exact) mass is 642 g/mol. The molecule has 2 spiro atoms. The highest BCUT2D eigenvalue weighted by Crippen LogP contribution is 2.68. The van der Waals surface area contributed by atoms with Crippen LogP contribution in [0.1, 0.15) is 70.8 Å². The second-order valence-electron chi connectivity index (χ2n) is 15.2. The van der Waals surface area contributed by atoms with Crippen LogP contribution < -0.4 is 0 Å². The van der Waals surface area contributed by atoms with Crippen LogP contribution in [0.25, 0.3) is 42.4 Å². The zero-order valence-electron chi connectivity index (χ0n) is 27.8. The van der Waals surface area contributed by atoms with E-state index in [9.17, 15) is 0 Å². The summed E-state index contributed by atoms with van der Waals surface area (Å²) in [6.07, 6.45) is 0. The maximum absolute atomic E-state index is 2.62. The molecule has 0 fully saturated rings. The Kier molecular flexibility index (Phi) is 5.23. The van der Waals surface area contributed by atoms with Gasteiger partial charge in [-0.05, 0) is 102 Å². The molecular weight excluding hydrogens is 609 g/mol. The Morgan fingerprint density at radius 3 is 1.20 bits per heavy atom. The number of hydrogen-bond acceptors (Lipinski definition) is 1. The van der Waals surface area contributed by atoms with E-state index in [1.165, 1.54) is 92.5 Å². The minimum atomic E-state index is -0.457. The summed E-state index contributed by atoms with van der Waals surface area (Å²) in [7, 11) is 0. The maximum atomic E-state index is 2.62. The second-order valence-corrected chi connectivity index (χ2v) is 16.3. The van der Waals surface area contributed by atoms with Crippen molar-refractivity contribution in [2.45, 2.75) is 37.0 Å². The van der Waals surface area contributed by atoms with Gasteiger partial charge in [-0.25, -0.2) is 0 Å². The van der Waals surface area contributed by atoms with E-state index < -0.39 is 10.8 Å². The standard InChI is InChI=1S/C48H34S/c1-46(2,3)29-24-25-44-34(26-29)35-27-42-43(28-45(35)49-44)48(38-20-10-6-16-32(38)33-17-7-11-21-39(33)48)41-23-13-12-22-40(41)47(42)36-18-8-4-14-30(36)31-15-5-9-19-37(31)47/h4-28H,1-3H3. The average molecular weight is 643 g/mol. The summed E-state index contributed by atoms with van der Waals surface area (Å²) in [5.74, 6) is 0. The molecule has 0 unspecified atom stereocenters. The quantitative estimate of drug-likeness (QED) is 0.154. The van der Waals surface area contributed by atoms with Crippen molar-refractivity contribution < 1.29 is 0 Å². The lowest BCUT2D eigenvalue weighted by molar-refractivity contribution is 0.591. The van der Waals surface area contributed by atoms with Gasteiger partial charge in [-0.15, -0.1) is 11.3 Å². The van der Waals surface area contributed by atoms with Gasteiger partial charge in [0.1, 0.15) is 0 Å². The largest absolute Gasteiger partial charge is 0.135 e. The van der Waals surface area contributed by atoms with Crippen LogP contribution in [-0.2, 0) is 16.2 Å². The number of hydrogen-bond donors (Lipinski definition) is 0. The van der Waals surface area contributed by atoms with Gasteiger partial charge >= 0.3 is 0 Å². The first-order valence-electron chi connectivity index (χ1n) is 17.4. The number of rotatable bonds is 0. The number of thiophene rings is 1. The van der Waals surface area contributed by atoms with Crippen LogP contribution in [0, 0.1) is 0 Å². The smallest absolute Gasteiger partial charge is 0.0720 e. The molecule has 49 heavy (non-hydrogen) atoms. The maximum Gasteiger partial charge on any atom is 0.0720 e. The van der Waals surface area contributed by atoms with Crippen molar-refractivity contribution >= 4 is 31.5 Å². The van der Waals surface area contributed by atoms with E-state index >= 15 is 0 Å². The van der Waals surface area contributed by atoms with Crippen molar-refractivity contribution in [1.82, 2.24) is 0 Å². The molecule has 0 saturated carbocycles. The summed E-state index contributed by atoms with van der Waals surface area (Å²) in [5, 5.41) is 2.73. The molecule has 0 amide bonds. The topological polar surface area (TPSA) is 0 Å². The van der Waals surface area contributed by atoms with Gasteiger partial charge in [0.15, 0.2) is 0 Å². The normalized spacial score (nSPS) is 15.6. The van der Waals surface area contributed by atoms with E-state index in [-0.39, 0.29) is 5.41 Å². The highest BCUT2D eigenvalue weighted by Gasteiger charge is 2.59. The average Bonchev–Trinajstić information content (AvgIpc) is 3.75. The minimum absolute atomic E-state index is 0.0709. The van der Waals surface area contributed by atoms with Crippen LogP contribution >= 0.6 is 11.3 Å². The molecule has 8 aromatic rings. The van der Waals surface area contributed by atoms with Crippen molar-refractivity contribution in [3.05, 3.63) is 202 Å². The van der Waals surface area contributed by atoms with Gasteiger partial charge in [-0.2, -0.15) is 0 Å². The molecule has 0 saturated heterocycles. The van der Waals surface area contributed by atoms with E-state index in [1.807, 2.05) is 11.3 Å². The van der Waals surface area contributed by atoms with Crippen LogP contribution in [0.4, 0.5) is 0 Å². The molecule has 3 aliphatic rings. The second kappa shape index (κ2) is 9.26. The van der Waals surface area contributed by atoms with Crippen molar-refractivity contribution in [3.8, 4) is 22.3 Å². The Hall–Kier alpha value is -5.24. The molecule has 0 bridgehead atoms. The first-order valence-corrected chi connectivity index (χ1v) is 18.3. The summed E-state index contributed by atoms with van der Waals surface area (Å²) in [6.45, 7) is 6.96. The molecule has 3 aliphatic carbocycles. The Balaban J connectivity index is 1.39. The lowest BCUT2D eigenvalue weighted by atomic mass is 9.52. The Morgan fingerprint density at radius 2 is 0.755 bits per heavy atom. The molecule has 0 atom stereocenters. The molecule has 0 aliphatic heterocycles. The number of benzene rings is 7. The Labute approximate surface area is 291 Å². The fourth-order valence-corrected chi connectivity index (χ4v) is 11.1. The molecule has 0 N–H and O–H groups in total. The molecular formula is C48H34S.